The number of H-pyrrole nitrogens is 1. The van der Waals surface area contributed by atoms with Crippen molar-refractivity contribution >= 4 is 19.7 Å². The highest BCUT2D eigenvalue weighted by atomic mass is 35.7. The number of benzene rings is 1. The van der Waals surface area contributed by atoms with E-state index in [1.54, 1.807) is 30.3 Å². The van der Waals surface area contributed by atoms with Crippen molar-refractivity contribution in [2.75, 3.05) is 0 Å². The van der Waals surface area contributed by atoms with Gasteiger partial charge in [-0.05, 0) is 0 Å². The lowest BCUT2D eigenvalue weighted by Gasteiger charge is -2.01. The second-order valence-electron chi connectivity index (χ2n) is 3.24. The molecule has 1 aromatic carbocycles. The fourth-order valence-corrected chi connectivity index (χ4v) is 1.96. The summed E-state index contributed by atoms with van der Waals surface area (Å²) in [4.78, 5) is 17.2. The average molecular weight is 271 g/mol. The molecule has 2 rings (SSSR count). The van der Waals surface area contributed by atoms with E-state index in [1.165, 1.54) is 6.07 Å². The van der Waals surface area contributed by atoms with Crippen molar-refractivity contribution < 1.29 is 8.42 Å². The highest BCUT2D eigenvalue weighted by Gasteiger charge is 2.15. The first kappa shape index (κ1) is 11.8. The van der Waals surface area contributed by atoms with Gasteiger partial charge in [0.15, 0.2) is 0 Å². The molecule has 0 unspecified atom stereocenters. The van der Waals surface area contributed by atoms with E-state index in [9.17, 15) is 13.2 Å². The normalized spacial score (nSPS) is 11.4. The Labute approximate surface area is 102 Å². The molecule has 7 heteroatoms. The van der Waals surface area contributed by atoms with Crippen molar-refractivity contribution in [3.63, 3.8) is 0 Å². The molecule has 0 aliphatic rings. The average Bonchev–Trinajstić information content (AvgIpc) is 2.28. The van der Waals surface area contributed by atoms with E-state index in [0.717, 1.165) is 0 Å². The van der Waals surface area contributed by atoms with Crippen LogP contribution >= 0.6 is 10.7 Å². The summed E-state index contributed by atoms with van der Waals surface area (Å²) in [5, 5.41) is -0.550. The summed E-state index contributed by atoms with van der Waals surface area (Å²) < 4.78 is 22.2. The number of hydrogen-bond donors (Lipinski definition) is 1. The third kappa shape index (κ3) is 2.72. The van der Waals surface area contributed by atoms with Crippen LogP contribution in [-0.4, -0.2) is 18.4 Å². The molecule has 1 aromatic heterocycles. The number of rotatable bonds is 2. The first-order valence-corrected chi connectivity index (χ1v) is 6.89. The van der Waals surface area contributed by atoms with Crippen LogP contribution in [-0.2, 0) is 9.05 Å². The number of hydrogen-bond acceptors (Lipinski definition) is 4. The zero-order valence-electron chi connectivity index (χ0n) is 8.42. The van der Waals surface area contributed by atoms with E-state index < -0.39 is 19.8 Å². The van der Waals surface area contributed by atoms with E-state index in [4.69, 9.17) is 10.7 Å². The minimum Gasteiger partial charge on any atom is -0.296 e. The number of nitrogens with one attached hydrogen (secondary N) is 1. The van der Waals surface area contributed by atoms with E-state index in [1.807, 2.05) is 0 Å². The molecule has 0 saturated carbocycles. The van der Waals surface area contributed by atoms with Crippen LogP contribution in [0.4, 0.5) is 0 Å². The standard InChI is InChI=1S/C10H7ClN2O3S/c11-17(15,16)10-12-8(6-9(14)13-10)7-4-2-1-3-5-7/h1-6H,(H,12,13,14). The molecule has 1 heterocycles. The van der Waals surface area contributed by atoms with Crippen LogP contribution in [0.25, 0.3) is 11.3 Å². The Balaban J connectivity index is 2.66. The van der Waals surface area contributed by atoms with Crippen LogP contribution in [0, 0.1) is 0 Å². The van der Waals surface area contributed by atoms with Gasteiger partial charge >= 0.3 is 0 Å². The minimum atomic E-state index is -4.05. The van der Waals surface area contributed by atoms with Crippen molar-refractivity contribution in [1.82, 2.24) is 9.97 Å². The Morgan fingerprint density at radius 1 is 1.18 bits per heavy atom. The van der Waals surface area contributed by atoms with Gasteiger partial charge in [0, 0.05) is 22.3 Å². The summed E-state index contributed by atoms with van der Waals surface area (Å²) in [6, 6.07) is 9.95. The van der Waals surface area contributed by atoms with Crippen LogP contribution in [0.15, 0.2) is 46.3 Å². The largest absolute Gasteiger partial charge is 0.296 e. The molecule has 0 fully saturated rings. The van der Waals surface area contributed by atoms with Gasteiger partial charge in [0.05, 0.1) is 5.69 Å². The van der Waals surface area contributed by atoms with Crippen molar-refractivity contribution in [1.29, 1.82) is 0 Å². The predicted molar refractivity (Wildman–Crippen MR) is 63.3 cm³/mol. The van der Waals surface area contributed by atoms with Crippen LogP contribution in [0.5, 0.6) is 0 Å². The van der Waals surface area contributed by atoms with Gasteiger partial charge in [-0.2, -0.15) is 0 Å². The summed E-state index contributed by atoms with van der Waals surface area (Å²) in [7, 11) is 1.08. The van der Waals surface area contributed by atoms with E-state index >= 15 is 0 Å². The second-order valence-corrected chi connectivity index (χ2v) is 5.72. The quantitative estimate of drug-likeness (QED) is 0.660. The first-order valence-electron chi connectivity index (χ1n) is 4.58. The van der Waals surface area contributed by atoms with Gasteiger partial charge < -0.3 is 0 Å². The Morgan fingerprint density at radius 3 is 2.41 bits per heavy atom. The Bertz CT molecular complexity index is 695. The molecule has 0 bridgehead atoms. The van der Waals surface area contributed by atoms with Crippen molar-refractivity contribution in [3.05, 3.63) is 46.8 Å². The minimum absolute atomic E-state index is 0.258. The summed E-state index contributed by atoms with van der Waals surface area (Å²) in [5.74, 6) is 0. The van der Waals surface area contributed by atoms with E-state index in [-0.39, 0.29) is 5.69 Å². The maximum atomic E-state index is 11.3. The highest BCUT2D eigenvalue weighted by Crippen LogP contribution is 2.16. The topological polar surface area (TPSA) is 79.9 Å². The molecule has 1 N–H and O–H groups in total. The molecule has 0 radical (unpaired) electrons. The van der Waals surface area contributed by atoms with Gasteiger partial charge in [0.1, 0.15) is 0 Å². The summed E-state index contributed by atoms with van der Waals surface area (Å²) in [5.41, 5.74) is 0.326. The van der Waals surface area contributed by atoms with E-state index in [2.05, 4.69) is 9.97 Å². The fraction of sp³-hybridized carbons (Fsp3) is 0. The van der Waals surface area contributed by atoms with Gasteiger partial charge in [-0.1, -0.05) is 30.3 Å². The van der Waals surface area contributed by atoms with Gasteiger partial charge in [-0.25, -0.2) is 13.4 Å². The molecule has 0 atom stereocenters. The number of aromatic amines is 1. The Kier molecular flexibility index (Phi) is 2.99. The van der Waals surface area contributed by atoms with Crippen LogP contribution in [0.3, 0.4) is 0 Å². The van der Waals surface area contributed by atoms with Crippen LogP contribution < -0.4 is 5.56 Å². The third-order valence-corrected chi connectivity index (χ3v) is 3.11. The maximum Gasteiger partial charge on any atom is 0.294 e. The van der Waals surface area contributed by atoms with Crippen molar-refractivity contribution in [2.24, 2.45) is 0 Å². The van der Waals surface area contributed by atoms with Gasteiger partial charge in [0.2, 0.25) is 5.16 Å². The lowest BCUT2D eigenvalue weighted by atomic mass is 10.1. The predicted octanol–water partition coefficient (Wildman–Crippen LogP) is 1.36. The van der Waals surface area contributed by atoms with Gasteiger partial charge in [-0.15, -0.1) is 0 Å². The monoisotopic (exact) mass is 270 g/mol. The molecule has 0 spiro atoms. The highest BCUT2D eigenvalue weighted by molar-refractivity contribution is 8.13. The lowest BCUT2D eigenvalue weighted by Crippen LogP contribution is -2.12. The van der Waals surface area contributed by atoms with Crippen LogP contribution in [0.2, 0.25) is 0 Å². The fourth-order valence-electron chi connectivity index (χ4n) is 1.31. The molecule has 0 aliphatic carbocycles. The van der Waals surface area contributed by atoms with Gasteiger partial charge in [-0.3, -0.25) is 9.78 Å². The summed E-state index contributed by atoms with van der Waals surface area (Å²) in [6.45, 7) is 0. The number of halogens is 1. The number of aromatic nitrogens is 2. The molecular formula is C10H7ClN2O3S. The lowest BCUT2D eigenvalue weighted by molar-refractivity contribution is 0.600. The van der Waals surface area contributed by atoms with Crippen molar-refractivity contribution in [2.45, 2.75) is 5.16 Å². The summed E-state index contributed by atoms with van der Waals surface area (Å²) in [6.07, 6.45) is 0. The second kappa shape index (κ2) is 4.31. The first-order chi connectivity index (χ1) is 7.97. The molecule has 0 amide bonds. The summed E-state index contributed by atoms with van der Waals surface area (Å²) >= 11 is 0. The van der Waals surface area contributed by atoms with Crippen LogP contribution in [0.1, 0.15) is 0 Å². The Hall–Kier alpha value is -1.66. The molecule has 0 saturated heterocycles. The maximum absolute atomic E-state index is 11.3. The van der Waals surface area contributed by atoms with Gasteiger partial charge in [0.25, 0.3) is 14.6 Å². The van der Waals surface area contributed by atoms with Crippen molar-refractivity contribution in [3.8, 4) is 11.3 Å². The Morgan fingerprint density at radius 2 is 1.82 bits per heavy atom. The molecular weight excluding hydrogens is 264 g/mol. The third-order valence-electron chi connectivity index (χ3n) is 2.02. The molecule has 5 nitrogen and oxygen atoms in total. The SMILES string of the molecule is O=c1cc(-c2ccccc2)nc(S(=O)(=O)Cl)[nH]1. The molecule has 2 aromatic rings. The number of nitrogens with zero attached hydrogens (tertiary/aromatic N) is 1. The molecule has 0 aliphatic heterocycles. The molecule has 17 heavy (non-hydrogen) atoms. The zero-order chi connectivity index (χ0) is 12.5. The smallest absolute Gasteiger partial charge is 0.294 e. The molecule has 88 valence electrons. The van der Waals surface area contributed by atoms with E-state index in [0.29, 0.717) is 5.56 Å². The zero-order valence-corrected chi connectivity index (χ0v) is 9.99.